The highest BCUT2D eigenvalue weighted by atomic mass is 16.6. The number of nitrogens with one attached hydrogen (secondary N) is 1. The zero-order valence-electron chi connectivity index (χ0n) is 14.1. The number of carbonyl (C=O) groups is 2. The molecular formula is C21H19NO4. The molecule has 2 aromatic carbocycles. The molecule has 5 rings (SSSR count). The summed E-state index contributed by atoms with van der Waals surface area (Å²) in [4.78, 5) is 24.8. The van der Waals surface area contributed by atoms with E-state index in [9.17, 15) is 9.59 Å². The van der Waals surface area contributed by atoms with Gasteiger partial charge >= 0.3 is 5.97 Å². The number of carbonyl (C=O) groups excluding carboxylic acids is 2. The van der Waals surface area contributed by atoms with E-state index in [0.717, 1.165) is 18.6 Å². The van der Waals surface area contributed by atoms with Gasteiger partial charge in [-0.2, -0.15) is 0 Å². The van der Waals surface area contributed by atoms with E-state index in [1.165, 1.54) is 0 Å². The van der Waals surface area contributed by atoms with Crippen LogP contribution in [0.25, 0.3) is 0 Å². The second-order valence-corrected chi connectivity index (χ2v) is 7.35. The fourth-order valence-corrected chi connectivity index (χ4v) is 4.82. The standard InChI is InChI=1S/C21H19NO4/c23-20(18-12-10-16-17(11-12)26-21(24)19(16)18)22-13-6-8-15(9-7-13)25-14-4-2-1-3-5-14/h1-9,12,16-19H,10-11H2,(H,22,23)/t12-,16-,17+,18+,19-/m1/s1. The van der Waals surface area contributed by atoms with Crippen LogP contribution in [-0.4, -0.2) is 18.0 Å². The Labute approximate surface area is 151 Å². The van der Waals surface area contributed by atoms with Crippen LogP contribution in [0.15, 0.2) is 54.6 Å². The minimum absolute atomic E-state index is 0.0518. The molecular weight excluding hydrogens is 330 g/mol. The van der Waals surface area contributed by atoms with Gasteiger partial charge in [-0.15, -0.1) is 0 Å². The van der Waals surface area contributed by atoms with Crippen molar-refractivity contribution < 1.29 is 19.1 Å². The fraction of sp³-hybridized carbons (Fsp3) is 0.333. The third-order valence-corrected chi connectivity index (χ3v) is 5.89. The molecule has 1 aliphatic heterocycles. The van der Waals surface area contributed by atoms with Crippen molar-refractivity contribution in [2.24, 2.45) is 23.7 Å². The predicted molar refractivity (Wildman–Crippen MR) is 94.7 cm³/mol. The monoisotopic (exact) mass is 349 g/mol. The molecule has 0 radical (unpaired) electrons. The van der Waals surface area contributed by atoms with Gasteiger partial charge in [0, 0.05) is 11.6 Å². The summed E-state index contributed by atoms with van der Waals surface area (Å²) in [7, 11) is 0. The van der Waals surface area contributed by atoms with Crippen molar-refractivity contribution in [3.8, 4) is 11.5 Å². The molecule has 1 saturated heterocycles. The van der Waals surface area contributed by atoms with Crippen molar-refractivity contribution in [2.45, 2.75) is 18.9 Å². The SMILES string of the molecule is O=C1O[C@H]2C[C@H]3C[C@H]2[C@@H]1[C@H]3C(=O)Nc1ccc(Oc2ccccc2)cc1. The van der Waals surface area contributed by atoms with Crippen molar-refractivity contribution in [1.29, 1.82) is 0 Å². The van der Waals surface area contributed by atoms with Gasteiger partial charge in [-0.25, -0.2) is 0 Å². The Hall–Kier alpha value is -2.82. The van der Waals surface area contributed by atoms with Crippen LogP contribution in [0.5, 0.6) is 11.5 Å². The fourth-order valence-electron chi connectivity index (χ4n) is 4.82. The first kappa shape index (κ1) is 15.4. The number of hydrogen-bond acceptors (Lipinski definition) is 4. The molecule has 5 atom stereocenters. The first-order chi connectivity index (χ1) is 12.7. The molecule has 2 saturated carbocycles. The average Bonchev–Trinajstić information content (AvgIpc) is 3.26. The molecule has 1 N–H and O–H groups in total. The minimum Gasteiger partial charge on any atom is -0.462 e. The number of ether oxygens (including phenoxy) is 2. The lowest BCUT2D eigenvalue weighted by atomic mass is 9.79. The van der Waals surface area contributed by atoms with Gasteiger partial charge < -0.3 is 14.8 Å². The lowest BCUT2D eigenvalue weighted by molar-refractivity contribution is -0.145. The summed E-state index contributed by atoms with van der Waals surface area (Å²) >= 11 is 0. The number of fused-ring (bicyclic) bond motifs is 1. The number of hydrogen-bond donors (Lipinski definition) is 1. The second kappa shape index (κ2) is 5.87. The summed E-state index contributed by atoms with van der Waals surface area (Å²) in [5.41, 5.74) is 0.709. The highest BCUT2D eigenvalue weighted by Crippen LogP contribution is 2.57. The quantitative estimate of drug-likeness (QED) is 0.857. The molecule has 0 aromatic heterocycles. The van der Waals surface area contributed by atoms with E-state index in [-0.39, 0.29) is 41.7 Å². The van der Waals surface area contributed by atoms with Crippen molar-refractivity contribution in [2.75, 3.05) is 5.32 Å². The smallest absolute Gasteiger partial charge is 0.310 e. The van der Waals surface area contributed by atoms with Gasteiger partial charge in [-0.3, -0.25) is 9.59 Å². The first-order valence-electron chi connectivity index (χ1n) is 9.03. The molecule has 5 nitrogen and oxygen atoms in total. The van der Waals surface area contributed by atoms with Crippen LogP contribution in [0.3, 0.4) is 0 Å². The molecule has 1 amide bonds. The lowest BCUT2D eigenvalue weighted by Crippen LogP contribution is -2.35. The molecule has 2 aromatic rings. The largest absolute Gasteiger partial charge is 0.462 e. The van der Waals surface area contributed by atoms with E-state index in [4.69, 9.17) is 9.47 Å². The number of para-hydroxylation sites is 1. The van der Waals surface area contributed by atoms with Gasteiger partial charge in [0.05, 0.1) is 11.8 Å². The van der Waals surface area contributed by atoms with E-state index >= 15 is 0 Å². The zero-order chi connectivity index (χ0) is 17.7. The van der Waals surface area contributed by atoms with E-state index in [1.807, 2.05) is 54.6 Å². The van der Waals surface area contributed by atoms with Crippen molar-refractivity contribution in [3.05, 3.63) is 54.6 Å². The number of amides is 1. The Morgan fingerprint density at radius 2 is 1.73 bits per heavy atom. The maximum Gasteiger partial charge on any atom is 0.310 e. The lowest BCUT2D eigenvalue weighted by Gasteiger charge is -2.23. The van der Waals surface area contributed by atoms with E-state index < -0.39 is 0 Å². The van der Waals surface area contributed by atoms with E-state index in [0.29, 0.717) is 11.4 Å². The molecule has 0 unspecified atom stereocenters. The number of anilines is 1. The second-order valence-electron chi connectivity index (χ2n) is 7.35. The van der Waals surface area contributed by atoms with Gasteiger partial charge in [0.15, 0.2) is 0 Å². The summed E-state index contributed by atoms with van der Waals surface area (Å²) in [6, 6.07) is 16.8. The Balaban J connectivity index is 1.27. The van der Waals surface area contributed by atoms with Crippen LogP contribution in [0, 0.1) is 23.7 Å². The van der Waals surface area contributed by atoms with Crippen LogP contribution in [0.1, 0.15) is 12.8 Å². The summed E-state index contributed by atoms with van der Waals surface area (Å²) in [5.74, 6) is 1.21. The van der Waals surface area contributed by atoms with Gasteiger partial charge in [-0.05, 0) is 55.2 Å². The molecule has 132 valence electrons. The summed E-state index contributed by atoms with van der Waals surface area (Å²) in [5, 5.41) is 2.96. The van der Waals surface area contributed by atoms with Crippen LogP contribution in [-0.2, 0) is 14.3 Å². The normalized spacial score (nSPS) is 30.9. The Morgan fingerprint density at radius 3 is 2.50 bits per heavy atom. The topological polar surface area (TPSA) is 64.6 Å². The molecule has 5 heteroatoms. The summed E-state index contributed by atoms with van der Waals surface area (Å²) in [6.45, 7) is 0. The highest BCUT2D eigenvalue weighted by Gasteiger charge is 2.63. The number of esters is 1. The van der Waals surface area contributed by atoms with Gasteiger partial charge in [-0.1, -0.05) is 18.2 Å². The zero-order valence-corrected chi connectivity index (χ0v) is 14.1. The number of benzene rings is 2. The highest BCUT2D eigenvalue weighted by molar-refractivity contribution is 5.97. The maximum atomic E-state index is 12.8. The maximum absolute atomic E-state index is 12.8. The predicted octanol–water partition coefficient (Wildman–Crippen LogP) is 3.62. The molecule has 2 aliphatic carbocycles. The Morgan fingerprint density at radius 1 is 1.00 bits per heavy atom. The minimum atomic E-state index is -0.258. The summed E-state index contributed by atoms with van der Waals surface area (Å²) < 4.78 is 11.2. The molecule has 0 spiro atoms. The van der Waals surface area contributed by atoms with Gasteiger partial charge in [0.25, 0.3) is 0 Å². The van der Waals surface area contributed by atoms with Crippen LogP contribution in [0.2, 0.25) is 0 Å². The molecule has 26 heavy (non-hydrogen) atoms. The van der Waals surface area contributed by atoms with Crippen LogP contribution in [0.4, 0.5) is 5.69 Å². The molecule has 3 aliphatic rings. The third-order valence-electron chi connectivity index (χ3n) is 5.89. The van der Waals surface area contributed by atoms with Crippen LogP contribution >= 0.6 is 0 Å². The first-order valence-corrected chi connectivity index (χ1v) is 9.03. The van der Waals surface area contributed by atoms with Gasteiger partial charge in [0.1, 0.15) is 17.6 Å². The van der Waals surface area contributed by atoms with Gasteiger partial charge in [0.2, 0.25) is 5.91 Å². The number of rotatable bonds is 4. The summed E-state index contributed by atoms with van der Waals surface area (Å²) in [6.07, 6.45) is 1.81. The third kappa shape index (κ3) is 2.46. The van der Waals surface area contributed by atoms with Crippen molar-refractivity contribution in [3.63, 3.8) is 0 Å². The molecule has 1 heterocycles. The Kier molecular flexibility index (Phi) is 3.48. The van der Waals surface area contributed by atoms with Crippen molar-refractivity contribution >= 4 is 17.6 Å². The van der Waals surface area contributed by atoms with Crippen molar-refractivity contribution in [1.82, 2.24) is 0 Å². The Bertz CT molecular complexity index is 846. The van der Waals surface area contributed by atoms with E-state index in [2.05, 4.69) is 5.32 Å². The molecule has 2 bridgehead atoms. The van der Waals surface area contributed by atoms with Crippen LogP contribution < -0.4 is 10.1 Å². The van der Waals surface area contributed by atoms with E-state index in [1.54, 1.807) is 0 Å². The average molecular weight is 349 g/mol. The molecule has 3 fully saturated rings.